The zero-order chi connectivity index (χ0) is 12.2. The maximum atomic E-state index is 11.3. The highest BCUT2D eigenvalue weighted by Crippen LogP contribution is 1.95. The van der Waals surface area contributed by atoms with Crippen LogP contribution in [0.2, 0.25) is 0 Å². The van der Waals surface area contributed by atoms with Gasteiger partial charge in [-0.15, -0.1) is 0 Å². The van der Waals surface area contributed by atoms with Crippen LogP contribution in [0.25, 0.3) is 0 Å². The first-order chi connectivity index (χ1) is 7.37. The van der Waals surface area contributed by atoms with Gasteiger partial charge in [-0.1, -0.05) is 5.16 Å². The van der Waals surface area contributed by atoms with E-state index < -0.39 is 9.84 Å². The molecule has 0 bridgehead atoms. The Kier molecular flexibility index (Phi) is 3.99. The van der Waals surface area contributed by atoms with Crippen molar-refractivity contribution in [2.75, 3.05) is 18.6 Å². The summed E-state index contributed by atoms with van der Waals surface area (Å²) in [6, 6.07) is 0. The number of aryl methyl sites for hydroxylation is 1. The molecule has 8 heteroatoms. The monoisotopic (exact) mass is 247 g/mol. The molecular weight excluding hydrogens is 234 g/mol. The molecule has 0 aliphatic heterocycles. The van der Waals surface area contributed by atoms with Crippen molar-refractivity contribution in [1.29, 1.82) is 0 Å². The van der Waals surface area contributed by atoms with E-state index in [1.54, 1.807) is 6.92 Å². The zero-order valence-electron chi connectivity index (χ0n) is 9.06. The average Bonchev–Trinajstić information content (AvgIpc) is 2.48. The third-order valence-corrected chi connectivity index (χ3v) is 2.63. The second-order valence-electron chi connectivity index (χ2n) is 3.39. The summed E-state index contributed by atoms with van der Waals surface area (Å²) >= 11 is 0. The fraction of sp³-hybridized carbons (Fsp3) is 0.625. The van der Waals surface area contributed by atoms with Crippen LogP contribution in [0.15, 0.2) is 4.52 Å². The van der Waals surface area contributed by atoms with E-state index in [-0.39, 0.29) is 30.5 Å². The Hall–Kier alpha value is -1.44. The first kappa shape index (κ1) is 12.6. The average molecular weight is 247 g/mol. The molecule has 0 spiro atoms. The molecule has 90 valence electrons. The van der Waals surface area contributed by atoms with Crippen LogP contribution in [0.3, 0.4) is 0 Å². The number of amides is 1. The van der Waals surface area contributed by atoms with E-state index in [4.69, 9.17) is 0 Å². The maximum Gasteiger partial charge on any atom is 0.227 e. The van der Waals surface area contributed by atoms with E-state index in [2.05, 4.69) is 20.0 Å². The molecule has 16 heavy (non-hydrogen) atoms. The lowest BCUT2D eigenvalue weighted by Crippen LogP contribution is -2.30. The SMILES string of the molecule is Cc1nc(CC(=O)NCCS(C)(=O)=O)no1. The van der Waals surface area contributed by atoms with Gasteiger partial charge in [0, 0.05) is 19.7 Å². The molecule has 1 aromatic heterocycles. The van der Waals surface area contributed by atoms with Crippen LogP contribution in [0.1, 0.15) is 11.7 Å². The predicted octanol–water partition coefficient (Wildman–Crippen LogP) is -0.919. The van der Waals surface area contributed by atoms with Crippen LogP contribution in [-0.4, -0.2) is 43.0 Å². The molecule has 0 aliphatic carbocycles. The minimum Gasteiger partial charge on any atom is -0.355 e. The molecular formula is C8H13N3O4S. The van der Waals surface area contributed by atoms with Gasteiger partial charge in [0.05, 0.1) is 12.2 Å². The number of hydrogen-bond donors (Lipinski definition) is 1. The lowest BCUT2D eigenvalue weighted by Gasteiger charge is -2.01. The van der Waals surface area contributed by atoms with E-state index in [1.807, 2.05) is 0 Å². The molecule has 0 aliphatic rings. The van der Waals surface area contributed by atoms with Crippen LogP contribution in [-0.2, 0) is 21.1 Å². The lowest BCUT2D eigenvalue weighted by molar-refractivity contribution is -0.120. The van der Waals surface area contributed by atoms with E-state index in [0.29, 0.717) is 5.89 Å². The number of rotatable bonds is 5. The molecule has 0 radical (unpaired) electrons. The Balaban J connectivity index is 2.32. The van der Waals surface area contributed by atoms with Crippen molar-refractivity contribution in [3.05, 3.63) is 11.7 Å². The second-order valence-corrected chi connectivity index (χ2v) is 5.65. The fourth-order valence-electron chi connectivity index (χ4n) is 0.995. The smallest absolute Gasteiger partial charge is 0.227 e. The summed E-state index contributed by atoms with van der Waals surface area (Å²) < 4.78 is 26.3. The summed E-state index contributed by atoms with van der Waals surface area (Å²) in [5, 5.41) is 6.00. The number of sulfone groups is 1. The number of hydrogen-bond acceptors (Lipinski definition) is 6. The normalized spacial score (nSPS) is 11.4. The van der Waals surface area contributed by atoms with Gasteiger partial charge in [-0.2, -0.15) is 4.98 Å². The maximum absolute atomic E-state index is 11.3. The molecule has 1 aromatic rings. The minimum atomic E-state index is -3.05. The molecule has 0 saturated heterocycles. The molecule has 0 saturated carbocycles. The quantitative estimate of drug-likeness (QED) is 0.722. The van der Waals surface area contributed by atoms with Gasteiger partial charge in [-0.25, -0.2) is 8.42 Å². The van der Waals surface area contributed by atoms with Crippen molar-refractivity contribution in [3.63, 3.8) is 0 Å². The first-order valence-corrected chi connectivity index (χ1v) is 6.66. The van der Waals surface area contributed by atoms with E-state index in [9.17, 15) is 13.2 Å². The Bertz CT molecular complexity index is 465. The molecule has 1 amide bonds. The minimum absolute atomic E-state index is 0.0128. The third kappa shape index (κ3) is 4.87. The van der Waals surface area contributed by atoms with Crippen LogP contribution >= 0.6 is 0 Å². The van der Waals surface area contributed by atoms with Crippen LogP contribution in [0.4, 0.5) is 0 Å². The number of nitrogens with zero attached hydrogens (tertiary/aromatic N) is 2. The predicted molar refractivity (Wildman–Crippen MR) is 55.5 cm³/mol. The van der Waals surface area contributed by atoms with Gasteiger partial charge >= 0.3 is 0 Å². The third-order valence-electron chi connectivity index (χ3n) is 1.68. The van der Waals surface area contributed by atoms with Gasteiger partial charge in [-0.3, -0.25) is 4.79 Å². The van der Waals surface area contributed by atoms with Crippen LogP contribution < -0.4 is 5.32 Å². The van der Waals surface area contributed by atoms with E-state index in [0.717, 1.165) is 6.26 Å². The van der Waals surface area contributed by atoms with Gasteiger partial charge in [0.25, 0.3) is 0 Å². The Labute approximate surface area is 93.1 Å². The molecule has 0 aromatic carbocycles. The van der Waals surface area contributed by atoms with Crippen molar-refractivity contribution in [3.8, 4) is 0 Å². The summed E-state index contributed by atoms with van der Waals surface area (Å²) in [6.45, 7) is 1.71. The van der Waals surface area contributed by atoms with Gasteiger partial charge in [-0.05, 0) is 0 Å². The molecule has 1 heterocycles. The van der Waals surface area contributed by atoms with Gasteiger partial charge in [0.2, 0.25) is 11.8 Å². The van der Waals surface area contributed by atoms with Crippen molar-refractivity contribution >= 4 is 15.7 Å². The Morgan fingerprint density at radius 1 is 1.50 bits per heavy atom. The summed E-state index contributed by atoms with van der Waals surface area (Å²) in [4.78, 5) is 15.1. The molecule has 0 unspecified atom stereocenters. The summed E-state index contributed by atoms with van der Waals surface area (Å²) in [5.41, 5.74) is 0. The number of nitrogens with one attached hydrogen (secondary N) is 1. The molecule has 7 nitrogen and oxygen atoms in total. The Morgan fingerprint density at radius 2 is 2.19 bits per heavy atom. The molecule has 1 N–H and O–H groups in total. The zero-order valence-corrected chi connectivity index (χ0v) is 9.87. The van der Waals surface area contributed by atoms with Crippen LogP contribution in [0, 0.1) is 6.92 Å². The Morgan fingerprint density at radius 3 is 2.69 bits per heavy atom. The van der Waals surface area contributed by atoms with E-state index >= 15 is 0 Å². The van der Waals surface area contributed by atoms with Crippen molar-refractivity contribution in [2.24, 2.45) is 0 Å². The lowest BCUT2D eigenvalue weighted by atomic mass is 10.4. The largest absolute Gasteiger partial charge is 0.355 e. The van der Waals surface area contributed by atoms with Gasteiger partial charge < -0.3 is 9.84 Å². The van der Waals surface area contributed by atoms with E-state index in [1.165, 1.54) is 0 Å². The summed E-state index contributed by atoms with van der Waals surface area (Å²) in [5.74, 6) is 0.266. The second kappa shape index (κ2) is 5.06. The summed E-state index contributed by atoms with van der Waals surface area (Å²) in [6.07, 6.45) is 1.10. The highest BCUT2D eigenvalue weighted by Gasteiger charge is 2.09. The standard InChI is InChI=1S/C8H13N3O4S/c1-6-10-7(11-15-6)5-8(12)9-3-4-16(2,13)14/h3-5H2,1-2H3,(H,9,12). The van der Waals surface area contributed by atoms with Gasteiger partial charge in [0.15, 0.2) is 5.82 Å². The van der Waals surface area contributed by atoms with Crippen LogP contribution in [0.5, 0.6) is 0 Å². The molecule has 0 atom stereocenters. The topological polar surface area (TPSA) is 102 Å². The fourth-order valence-corrected chi connectivity index (χ4v) is 1.47. The van der Waals surface area contributed by atoms with Crippen molar-refractivity contribution in [1.82, 2.24) is 15.5 Å². The number of carbonyl (C=O) groups is 1. The van der Waals surface area contributed by atoms with Gasteiger partial charge in [0.1, 0.15) is 9.84 Å². The first-order valence-electron chi connectivity index (χ1n) is 4.60. The van der Waals surface area contributed by atoms with Crippen molar-refractivity contribution < 1.29 is 17.7 Å². The highest BCUT2D eigenvalue weighted by atomic mass is 32.2. The molecule has 0 fully saturated rings. The summed E-state index contributed by atoms with van der Waals surface area (Å²) in [7, 11) is -3.05. The molecule has 1 rings (SSSR count). The number of carbonyl (C=O) groups excluding carboxylic acids is 1. The number of aromatic nitrogens is 2. The highest BCUT2D eigenvalue weighted by molar-refractivity contribution is 7.90. The van der Waals surface area contributed by atoms with Crippen molar-refractivity contribution in [2.45, 2.75) is 13.3 Å².